The van der Waals surface area contributed by atoms with Gasteiger partial charge in [0.1, 0.15) is 0 Å². The minimum absolute atomic E-state index is 0.0740. The number of aromatic amines is 1. The van der Waals surface area contributed by atoms with Crippen LogP contribution < -0.4 is 10.9 Å². The average Bonchev–Trinajstić information content (AvgIpc) is 2.81. The summed E-state index contributed by atoms with van der Waals surface area (Å²) in [5.41, 5.74) is 6.03. The Balaban J connectivity index is 1.62. The Kier molecular flexibility index (Phi) is 6.66. The quantitative estimate of drug-likeness (QED) is 0.403. The van der Waals surface area contributed by atoms with Gasteiger partial charge < -0.3 is 15.2 Å². The van der Waals surface area contributed by atoms with Crippen LogP contribution in [0, 0.1) is 13.8 Å². The number of hydrogen-bond acceptors (Lipinski definition) is 2. The number of hydrogen-bond donors (Lipinski definition) is 2. The lowest BCUT2D eigenvalue weighted by molar-refractivity contribution is 0.397. The number of nitrogens with one attached hydrogen (secondary N) is 2. The smallest absolute Gasteiger partial charge is 0.253 e. The Morgan fingerprint density at radius 2 is 1.50 bits per heavy atom. The largest absolute Gasteiger partial charge is 0.358 e. The molecule has 0 aliphatic rings. The third kappa shape index (κ3) is 5.06. The molecule has 32 heavy (non-hydrogen) atoms. The normalized spacial score (nSPS) is 10.8. The highest BCUT2D eigenvalue weighted by atomic mass is 32.1. The van der Waals surface area contributed by atoms with Crippen LogP contribution in [0.25, 0.3) is 10.9 Å². The first-order valence-corrected chi connectivity index (χ1v) is 11.1. The number of H-pyrrole nitrogens is 1. The van der Waals surface area contributed by atoms with Crippen molar-refractivity contribution < 1.29 is 0 Å². The molecule has 162 valence electrons. The zero-order valence-electron chi connectivity index (χ0n) is 18.4. The van der Waals surface area contributed by atoms with Crippen molar-refractivity contribution in [2.45, 2.75) is 33.5 Å². The molecule has 4 nitrogen and oxygen atoms in total. The van der Waals surface area contributed by atoms with E-state index in [4.69, 9.17) is 12.2 Å². The second-order valence-corrected chi connectivity index (χ2v) is 8.48. The van der Waals surface area contributed by atoms with Crippen LogP contribution in [0.2, 0.25) is 0 Å². The molecule has 0 saturated carbocycles. The molecular formula is C27H27N3OS. The van der Waals surface area contributed by atoms with Gasteiger partial charge >= 0.3 is 0 Å². The van der Waals surface area contributed by atoms with Crippen molar-refractivity contribution in [3.63, 3.8) is 0 Å². The summed E-state index contributed by atoms with van der Waals surface area (Å²) in [7, 11) is 0. The zero-order valence-corrected chi connectivity index (χ0v) is 19.2. The number of fused-ring (bicyclic) bond motifs is 1. The van der Waals surface area contributed by atoms with Crippen LogP contribution >= 0.6 is 12.2 Å². The summed E-state index contributed by atoms with van der Waals surface area (Å²) in [5, 5.41) is 5.06. The molecule has 0 unspecified atom stereocenters. The highest BCUT2D eigenvalue weighted by Gasteiger charge is 2.15. The number of thiocarbonyl (C=S) groups is 1. The Morgan fingerprint density at radius 3 is 2.19 bits per heavy atom. The van der Waals surface area contributed by atoms with Gasteiger partial charge in [-0.15, -0.1) is 0 Å². The van der Waals surface area contributed by atoms with Gasteiger partial charge in [0.25, 0.3) is 5.56 Å². The van der Waals surface area contributed by atoms with E-state index in [1.54, 1.807) is 0 Å². The fourth-order valence-corrected chi connectivity index (χ4v) is 4.03. The number of benzene rings is 3. The van der Waals surface area contributed by atoms with Crippen LogP contribution in [0.1, 0.15) is 27.8 Å². The average molecular weight is 442 g/mol. The number of aromatic nitrogens is 1. The molecule has 0 aliphatic carbocycles. The lowest BCUT2D eigenvalue weighted by Crippen LogP contribution is -2.39. The summed E-state index contributed by atoms with van der Waals surface area (Å²) >= 11 is 5.76. The van der Waals surface area contributed by atoms with E-state index in [0.29, 0.717) is 30.3 Å². The van der Waals surface area contributed by atoms with E-state index in [1.165, 1.54) is 0 Å². The first kappa shape index (κ1) is 21.8. The molecule has 5 heteroatoms. The van der Waals surface area contributed by atoms with Gasteiger partial charge in [0.2, 0.25) is 0 Å². The van der Waals surface area contributed by atoms with E-state index >= 15 is 0 Å². The van der Waals surface area contributed by atoms with Gasteiger partial charge in [0.05, 0.1) is 12.1 Å². The van der Waals surface area contributed by atoms with Crippen molar-refractivity contribution in [2.75, 3.05) is 0 Å². The van der Waals surface area contributed by atoms with Crippen molar-refractivity contribution >= 4 is 28.2 Å². The van der Waals surface area contributed by atoms with E-state index < -0.39 is 0 Å². The predicted octanol–water partition coefficient (Wildman–Crippen LogP) is 5.22. The third-order valence-corrected chi connectivity index (χ3v) is 6.07. The summed E-state index contributed by atoms with van der Waals surface area (Å²) in [6.45, 7) is 5.76. The molecule has 0 saturated heterocycles. The van der Waals surface area contributed by atoms with Crippen molar-refractivity contribution in [1.82, 2.24) is 15.2 Å². The zero-order chi connectivity index (χ0) is 22.5. The number of nitrogens with zero attached hydrogens (tertiary/aromatic N) is 1. The van der Waals surface area contributed by atoms with E-state index in [9.17, 15) is 4.79 Å². The highest BCUT2D eigenvalue weighted by molar-refractivity contribution is 7.80. The summed E-state index contributed by atoms with van der Waals surface area (Å²) < 4.78 is 0. The predicted molar refractivity (Wildman–Crippen MR) is 136 cm³/mol. The van der Waals surface area contributed by atoms with Crippen LogP contribution in [0.5, 0.6) is 0 Å². The lowest BCUT2D eigenvalue weighted by atomic mass is 10.0. The number of rotatable bonds is 6. The molecule has 0 radical (unpaired) electrons. The molecular weight excluding hydrogens is 414 g/mol. The van der Waals surface area contributed by atoms with Crippen molar-refractivity contribution in [1.29, 1.82) is 0 Å². The van der Waals surface area contributed by atoms with Crippen LogP contribution in [0.3, 0.4) is 0 Å². The van der Waals surface area contributed by atoms with Crippen LogP contribution in [0.15, 0.2) is 83.7 Å². The van der Waals surface area contributed by atoms with Crippen molar-refractivity contribution in [3.05, 3.63) is 117 Å². The first-order valence-electron chi connectivity index (χ1n) is 10.7. The Labute approximate surface area is 193 Å². The molecule has 0 fully saturated rings. The fourth-order valence-electron chi connectivity index (χ4n) is 3.83. The minimum atomic E-state index is -0.0740. The molecule has 0 aliphatic heterocycles. The fraction of sp³-hybridized carbons (Fsp3) is 0.185. The molecule has 2 N–H and O–H groups in total. The summed E-state index contributed by atoms with van der Waals surface area (Å²) in [4.78, 5) is 18.1. The number of pyridine rings is 1. The third-order valence-electron chi connectivity index (χ3n) is 5.67. The van der Waals surface area contributed by atoms with Gasteiger partial charge in [0, 0.05) is 24.0 Å². The molecule has 3 aromatic carbocycles. The Hall–Kier alpha value is -3.44. The van der Waals surface area contributed by atoms with Crippen molar-refractivity contribution in [3.8, 4) is 0 Å². The van der Waals surface area contributed by atoms with E-state index in [2.05, 4.69) is 52.5 Å². The molecule has 4 rings (SSSR count). The standard InChI is InChI=1S/C27H27N3OS/c1-19-13-14-20(2)25-24(19)15-23(26(31)29-25)18-30(17-22-11-7-4-8-12-22)27(32)28-16-21-9-5-3-6-10-21/h3-15H,16-18H2,1-2H3,(H,28,32)(H,29,31). The molecule has 0 bridgehead atoms. The van der Waals surface area contributed by atoms with Crippen LogP contribution in [0.4, 0.5) is 0 Å². The number of aryl methyl sites for hydroxylation is 2. The maximum absolute atomic E-state index is 12.9. The van der Waals surface area contributed by atoms with Gasteiger partial charge in [-0.3, -0.25) is 4.79 Å². The summed E-state index contributed by atoms with van der Waals surface area (Å²) in [6.07, 6.45) is 0. The van der Waals surface area contributed by atoms with Crippen molar-refractivity contribution in [2.24, 2.45) is 0 Å². The van der Waals surface area contributed by atoms with E-state index in [1.807, 2.05) is 55.5 Å². The second kappa shape index (κ2) is 9.79. The summed E-state index contributed by atoms with van der Waals surface area (Å²) in [6, 6.07) is 26.5. The molecule has 0 spiro atoms. The molecule has 1 aromatic heterocycles. The van der Waals surface area contributed by atoms with Gasteiger partial charge in [0.15, 0.2) is 5.11 Å². The SMILES string of the molecule is Cc1ccc(C)c2[nH]c(=O)c(CN(Cc3ccccc3)C(=S)NCc3ccccc3)cc12. The Morgan fingerprint density at radius 1 is 0.875 bits per heavy atom. The van der Waals surface area contributed by atoms with Crippen LogP contribution in [-0.4, -0.2) is 15.0 Å². The Bertz CT molecular complexity index is 1280. The maximum atomic E-state index is 12.9. The van der Waals surface area contributed by atoms with Crippen LogP contribution in [-0.2, 0) is 19.6 Å². The van der Waals surface area contributed by atoms with E-state index in [0.717, 1.165) is 33.2 Å². The van der Waals surface area contributed by atoms with Gasteiger partial charge in [-0.2, -0.15) is 0 Å². The summed E-state index contributed by atoms with van der Waals surface area (Å²) in [5.74, 6) is 0. The first-order chi connectivity index (χ1) is 15.5. The highest BCUT2D eigenvalue weighted by Crippen LogP contribution is 2.20. The van der Waals surface area contributed by atoms with Gasteiger partial charge in [-0.25, -0.2) is 0 Å². The lowest BCUT2D eigenvalue weighted by Gasteiger charge is -2.26. The monoisotopic (exact) mass is 441 g/mol. The molecule has 4 aromatic rings. The minimum Gasteiger partial charge on any atom is -0.358 e. The van der Waals surface area contributed by atoms with Gasteiger partial charge in [-0.1, -0.05) is 72.8 Å². The second-order valence-electron chi connectivity index (χ2n) is 8.10. The van der Waals surface area contributed by atoms with E-state index in [-0.39, 0.29) is 5.56 Å². The molecule has 0 amide bonds. The molecule has 1 heterocycles. The maximum Gasteiger partial charge on any atom is 0.253 e. The topological polar surface area (TPSA) is 48.1 Å². The van der Waals surface area contributed by atoms with Gasteiger partial charge in [-0.05, 0) is 54.4 Å². The molecule has 0 atom stereocenters.